The molecule has 1 unspecified atom stereocenters. The third kappa shape index (κ3) is 1.54. The second-order valence-electron chi connectivity index (χ2n) is 3.06. The normalized spacial score (nSPS) is 20.8. The summed E-state index contributed by atoms with van der Waals surface area (Å²) >= 11 is 5.63. The van der Waals surface area contributed by atoms with Gasteiger partial charge in [0.1, 0.15) is 6.04 Å². The van der Waals surface area contributed by atoms with Crippen molar-refractivity contribution < 1.29 is 0 Å². The largest absolute Gasteiger partial charge is 0.226 e. The fraction of sp³-hybridized carbons (Fsp3) is 0.500. The Morgan fingerprint density at radius 2 is 2.46 bits per heavy atom. The van der Waals surface area contributed by atoms with Crippen molar-refractivity contribution in [2.75, 3.05) is 0 Å². The van der Waals surface area contributed by atoms with E-state index in [2.05, 4.69) is 15.1 Å². The lowest BCUT2D eigenvalue weighted by Gasteiger charge is -2.17. The maximum absolute atomic E-state index is 10.5. The fourth-order valence-electron chi connectivity index (χ4n) is 1.60. The van der Waals surface area contributed by atoms with Crippen LogP contribution in [0.2, 0.25) is 5.28 Å². The number of nitrogens with zero attached hydrogens (tertiary/aromatic N) is 3. The molecule has 1 heterocycles. The molecule has 1 aromatic heterocycles. The van der Waals surface area contributed by atoms with E-state index in [1.54, 1.807) is 6.20 Å². The Bertz CT molecular complexity index is 342. The number of hydrogen-bond acceptors (Lipinski definition) is 4. The summed E-state index contributed by atoms with van der Waals surface area (Å²) in [6.07, 6.45) is 4.33. The molecule has 0 aromatic carbocycles. The molecule has 1 aliphatic carbocycles. The topological polar surface area (TPSA) is 55.2 Å². The molecule has 0 aliphatic heterocycles. The Kier molecular flexibility index (Phi) is 2.22. The van der Waals surface area contributed by atoms with Gasteiger partial charge in [-0.1, -0.05) is 5.18 Å². The number of aryl methyl sites for hydroxylation is 1. The zero-order chi connectivity index (χ0) is 9.26. The van der Waals surface area contributed by atoms with Gasteiger partial charge in [0.15, 0.2) is 0 Å². The minimum atomic E-state index is -0.329. The quantitative estimate of drug-likeness (QED) is 0.513. The van der Waals surface area contributed by atoms with E-state index >= 15 is 0 Å². The molecule has 0 spiro atoms. The van der Waals surface area contributed by atoms with Gasteiger partial charge < -0.3 is 0 Å². The third-order valence-electron chi connectivity index (χ3n) is 2.24. The van der Waals surface area contributed by atoms with Gasteiger partial charge in [0.2, 0.25) is 5.28 Å². The van der Waals surface area contributed by atoms with E-state index in [9.17, 15) is 4.91 Å². The van der Waals surface area contributed by atoms with Gasteiger partial charge in [-0.25, -0.2) is 9.97 Å². The van der Waals surface area contributed by atoms with Gasteiger partial charge in [-0.2, -0.15) is 4.91 Å². The molecule has 1 aliphatic rings. The fourth-order valence-corrected chi connectivity index (χ4v) is 1.74. The van der Waals surface area contributed by atoms with Gasteiger partial charge in [0.25, 0.3) is 0 Å². The highest BCUT2D eigenvalue weighted by Gasteiger charge is 2.22. The number of nitroso groups, excluding NO2 is 1. The lowest BCUT2D eigenvalue weighted by molar-refractivity contribution is 0.550. The average Bonchev–Trinajstić information content (AvgIpc) is 2.17. The van der Waals surface area contributed by atoms with E-state index < -0.39 is 0 Å². The standard InChI is InChI=1S/C8H8ClN3O/c9-8-10-4-5-2-1-3-6(12-13)7(5)11-8/h4,6H,1-3H2. The number of rotatable bonds is 1. The van der Waals surface area contributed by atoms with E-state index in [1.165, 1.54) is 0 Å². The first-order chi connectivity index (χ1) is 6.31. The van der Waals surface area contributed by atoms with Gasteiger partial charge in [-0.3, -0.25) is 0 Å². The van der Waals surface area contributed by atoms with Gasteiger partial charge in [0.05, 0.1) is 5.69 Å². The van der Waals surface area contributed by atoms with Crippen LogP contribution >= 0.6 is 11.6 Å². The van der Waals surface area contributed by atoms with Crippen LogP contribution in [0.3, 0.4) is 0 Å². The van der Waals surface area contributed by atoms with E-state index in [4.69, 9.17) is 11.6 Å². The van der Waals surface area contributed by atoms with Gasteiger partial charge >= 0.3 is 0 Å². The smallest absolute Gasteiger partial charge is 0.222 e. The zero-order valence-electron chi connectivity index (χ0n) is 6.90. The highest BCUT2D eigenvalue weighted by molar-refractivity contribution is 6.28. The van der Waals surface area contributed by atoms with Crippen molar-refractivity contribution in [2.45, 2.75) is 25.3 Å². The van der Waals surface area contributed by atoms with Gasteiger partial charge in [-0.15, -0.1) is 0 Å². The summed E-state index contributed by atoms with van der Waals surface area (Å²) < 4.78 is 0. The average molecular weight is 198 g/mol. The molecule has 68 valence electrons. The van der Waals surface area contributed by atoms with Crippen LogP contribution in [0.1, 0.15) is 30.1 Å². The zero-order valence-corrected chi connectivity index (χ0v) is 7.66. The molecule has 0 N–H and O–H groups in total. The first kappa shape index (κ1) is 8.56. The first-order valence-electron chi connectivity index (χ1n) is 4.15. The lowest BCUT2D eigenvalue weighted by Crippen LogP contribution is -2.10. The number of hydrogen-bond donors (Lipinski definition) is 0. The summed E-state index contributed by atoms with van der Waals surface area (Å²) in [6, 6.07) is -0.329. The van der Waals surface area contributed by atoms with Crippen LogP contribution in [0.4, 0.5) is 0 Å². The predicted molar refractivity (Wildman–Crippen MR) is 48.5 cm³/mol. The third-order valence-corrected chi connectivity index (χ3v) is 2.42. The van der Waals surface area contributed by atoms with E-state index in [0.29, 0.717) is 5.69 Å². The Morgan fingerprint density at radius 1 is 1.62 bits per heavy atom. The minimum Gasteiger partial charge on any atom is -0.226 e. The van der Waals surface area contributed by atoms with Crippen LogP contribution in [0, 0.1) is 4.91 Å². The van der Waals surface area contributed by atoms with Crippen molar-refractivity contribution in [1.82, 2.24) is 9.97 Å². The molecular weight excluding hydrogens is 190 g/mol. The Hall–Kier alpha value is -1.03. The molecule has 2 rings (SSSR count). The molecule has 5 heteroatoms. The van der Waals surface area contributed by atoms with Crippen LogP contribution in [-0.2, 0) is 6.42 Å². The lowest BCUT2D eigenvalue weighted by atomic mass is 9.94. The second kappa shape index (κ2) is 3.38. The van der Waals surface area contributed by atoms with Crippen molar-refractivity contribution in [2.24, 2.45) is 5.18 Å². The van der Waals surface area contributed by atoms with Crippen LogP contribution in [-0.4, -0.2) is 9.97 Å². The maximum Gasteiger partial charge on any atom is 0.222 e. The van der Waals surface area contributed by atoms with Crippen molar-refractivity contribution in [1.29, 1.82) is 0 Å². The summed E-state index contributed by atoms with van der Waals surface area (Å²) in [5.41, 5.74) is 1.71. The summed E-state index contributed by atoms with van der Waals surface area (Å²) in [5, 5.41) is 3.22. The number of aromatic nitrogens is 2. The van der Waals surface area contributed by atoms with Crippen LogP contribution in [0.15, 0.2) is 11.4 Å². The van der Waals surface area contributed by atoms with Gasteiger partial charge in [-0.05, 0) is 36.4 Å². The maximum atomic E-state index is 10.5. The molecular formula is C8H8ClN3O. The second-order valence-corrected chi connectivity index (χ2v) is 3.40. The Morgan fingerprint density at radius 3 is 3.23 bits per heavy atom. The molecule has 1 aromatic rings. The van der Waals surface area contributed by atoms with E-state index in [-0.39, 0.29) is 11.3 Å². The first-order valence-corrected chi connectivity index (χ1v) is 4.53. The van der Waals surface area contributed by atoms with Crippen LogP contribution < -0.4 is 0 Å². The van der Waals surface area contributed by atoms with Crippen molar-refractivity contribution in [3.63, 3.8) is 0 Å². The summed E-state index contributed by atoms with van der Waals surface area (Å²) in [5.74, 6) is 0. The Labute approximate surface area is 80.3 Å². The summed E-state index contributed by atoms with van der Waals surface area (Å²) in [7, 11) is 0. The molecule has 4 nitrogen and oxygen atoms in total. The minimum absolute atomic E-state index is 0.189. The highest BCUT2D eigenvalue weighted by Crippen LogP contribution is 2.30. The predicted octanol–water partition coefficient (Wildman–Crippen LogP) is 2.27. The summed E-state index contributed by atoms with van der Waals surface area (Å²) in [4.78, 5) is 18.4. The molecule has 1 atom stereocenters. The van der Waals surface area contributed by atoms with Crippen molar-refractivity contribution >= 4 is 11.6 Å². The van der Waals surface area contributed by atoms with Crippen LogP contribution in [0.25, 0.3) is 0 Å². The van der Waals surface area contributed by atoms with Crippen molar-refractivity contribution in [3.8, 4) is 0 Å². The SMILES string of the molecule is O=NC1CCCc2cnc(Cl)nc21. The van der Waals surface area contributed by atoms with E-state index in [0.717, 1.165) is 24.8 Å². The highest BCUT2D eigenvalue weighted by atomic mass is 35.5. The van der Waals surface area contributed by atoms with E-state index in [1.807, 2.05) is 0 Å². The number of fused-ring (bicyclic) bond motifs is 1. The molecule has 0 saturated heterocycles. The summed E-state index contributed by atoms with van der Waals surface area (Å²) in [6.45, 7) is 0. The van der Waals surface area contributed by atoms with Gasteiger partial charge in [0, 0.05) is 6.20 Å². The molecule has 13 heavy (non-hydrogen) atoms. The molecule has 0 fully saturated rings. The molecule has 0 amide bonds. The monoisotopic (exact) mass is 197 g/mol. The van der Waals surface area contributed by atoms with Crippen molar-refractivity contribution in [3.05, 3.63) is 27.6 Å². The molecule has 0 bridgehead atoms. The Balaban J connectivity index is 2.47. The number of halogens is 1. The molecule has 0 saturated carbocycles. The molecule has 0 radical (unpaired) electrons. The van der Waals surface area contributed by atoms with Crippen LogP contribution in [0.5, 0.6) is 0 Å².